The Morgan fingerprint density at radius 1 is 1.00 bits per heavy atom. The average molecular weight is 280 g/mol. The van der Waals surface area contributed by atoms with Crippen LogP contribution in [0.2, 0.25) is 0 Å². The Hall–Kier alpha value is -2.22. The van der Waals surface area contributed by atoms with E-state index in [-0.39, 0.29) is 0 Å². The molecule has 0 amide bonds. The molecule has 3 rings (SSSR count). The number of aryl methyl sites for hydroxylation is 1. The maximum Gasteiger partial charge on any atom is 0.122 e. The van der Waals surface area contributed by atoms with Crippen LogP contribution in [0.5, 0.6) is 11.5 Å². The van der Waals surface area contributed by atoms with Gasteiger partial charge in [-0.25, -0.2) is 0 Å². The molecule has 0 N–H and O–H groups in total. The van der Waals surface area contributed by atoms with Crippen LogP contribution in [0.25, 0.3) is 5.57 Å². The van der Waals surface area contributed by atoms with Gasteiger partial charge in [0.1, 0.15) is 11.5 Å². The Morgan fingerprint density at radius 2 is 1.86 bits per heavy atom. The van der Waals surface area contributed by atoms with E-state index in [2.05, 4.69) is 42.5 Å². The zero-order chi connectivity index (χ0) is 14.5. The maximum absolute atomic E-state index is 5.96. The highest BCUT2D eigenvalue weighted by Gasteiger charge is 2.10. The molecule has 0 fully saturated rings. The topological polar surface area (TPSA) is 18.5 Å². The lowest BCUT2D eigenvalue weighted by Gasteiger charge is -2.11. The second-order valence-electron chi connectivity index (χ2n) is 5.21. The first kappa shape index (κ1) is 13.7. The van der Waals surface area contributed by atoms with Crippen molar-refractivity contribution in [3.05, 3.63) is 65.7 Å². The van der Waals surface area contributed by atoms with Crippen LogP contribution in [0.1, 0.15) is 24.0 Å². The third kappa shape index (κ3) is 3.27. The minimum atomic E-state index is 0.708. The summed E-state index contributed by atoms with van der Waals surface area (Å²) in [7, 11) is 1.70. The van der Waals surface area contributed by atoms with Crippen molar-refractivity contribution < 1.29 is 9.47 Å². The van der Waals surface area contributed by atoms with Crippen molar-refractivity contribution >= 4 is 5.57 Å². The lowest BCUT2D eigenvalue weighted by Crippen LogP contribution is -2.00. The summed E-state index contributed by atoms with van der Waals surface area (Å²) in [6.45, 7) is 0.708. The van der Waals surface area contributed by atoms with Gasteiger partial charge in [0.15, 0.2) is 0 Å². The van der Waals surface area contributed by atoms with E-state index in [1.807, 2.05) is 12.1 Å². The monoisotopic (exact) mass is 280 g/mol. The summed E-state index contributed by atoms with van der Waals surface area (Å²) in [5.74, 6) is 1.88. The average Bonchev–Trinajstić information content (AvgIpc) is 2.65. The molecule has 108 valence electrons. The predicted molar refractivity (Wildman–Crippen MR) is 85.8 cm³/mol. The fourth-order valence-corrected chi connectivity index (χ4v) is 2.71. The van der Waals surface area contributed by atoms with Crippen LogP contribution in [-0.4, -0.2) is 13.7 Å². The summed E-state index contributed by atoms with van der Waals surface area (Å²) in [5.41, 5.74) is 3.89. The van der Waals surface area contributed by atoms with Crippen LogP contribution in [0.3, 0.4) is 0 Å². The molecular formula is C19H20O2. The Labute approximate surface area is 126 Å². The molecule has 0 saturated carbocycles. The van der Waals surface area contributed by atoms with E-state index in [4.69, 9.17) is 9.47 Å². The van der Waals surface area contributed by atoms with Crippen LogP contribution < -0.4 is 9.47 Å². The molecule has 1 aliphatic rings. The van der Waals surface area contributed by atoms with E-state index in [0.29, 0.717) is 6.61 Å². The van der Waals surface area contributed by atoms with Crippen molar-refractivity contribution in [2.75, 3.05) is 13.7 Å². The summed E-state index contributed by atoms with van der Waals surface area (Å²) < 4.78 is 11.3. The van der Waals surface area contributed by atoms with Gasteiger partial charge in [-0.3, -0.25) is 0 Å². The van der Waals surface area contributed by atoms with E-state index < -0.39 is 0 Å². The summed E-state index contributed by atoms with van der Waals surface area (Å²) in [6, 6.07) is 16.6. The van der Waals surface area contributed by atoms with Crippen LogP contribution in [0.4, 0.5) is 0 Å². The van der Waals surface area contributed by atoms with Crippen LogP contribution >= 0.6 is 0 Å². The number of hydrogen-bond acceptors (Lipinski definition) is 2. The van der Waals surface area contributed by atoms with Crippen molar-refractivity contribution in [2.24, 2.45) is 0 Å². The van der Waals surface area contributed by atoms with Gasteiger partial charge in [-0.05, 0) is 47.7 Å². The van der Waals surface area contributed by atoms with Gasteiger partial charge in [0, 0.05) is 6.42 Å². The number of rotatable bonds is 2. The fourth-order valence-electron chi connectivity index (χ4n) is 2.71. The van der Waals surface area contributed by atoms with Gasteiger partial charge in [-0.15, -0.1) is 0 Å². The Bertz CT molecular complexity index is 629. The second-order valence-corrected chi connectivity index (χ2v) is 5.21. The molecule has 0 unspecified atom stereocenters. The SMILES string of the molecule is COc1ccc2c(c1)CCC=C(c1ccccc1)CCO2. The first-order valence-corrected chi connectivity index (χ1v) is 7.41. The molecule has 0 aliphatic carbocycles. The van der Waals surface area contributed by atoms with Gasteiger partial charge < -0.3 is 9.47 Å². The highest BCUT2D eigenvalue weighted by atomic mass is 16.5. The summed E-state index contributed by atoms with van der Waals surface area (Å²) in [4.78, 5) is 0. The quantitative estimate of drug-likeness (QED) is 0.806. The fraction of sp³-hybridized carbons (Fsp3) is 0.263. The van der Waals surface area contributed by atoms with Crippen molar-refractivity contribution in [1.82, 2.24) is 0 Å². The van der Waals surface area contributed by atoms with Gasteiger partial charge in [0.05, 0.1) is 13.7 Å². The molecule has 0 radical (unpaired) electrons. The maximum atomic E-state index is 5.96. The third-order valence-electron chi connectivity index (χ3n) is 3.85. The van der Waals surface area contributed by atoms with Crippen molar-refractivity contribution in [3.8, 4) is 11.5 Å². The number of hydrogen-bond donors (Lipinski definition) is 0. The molecule has 2 nitrogen and oxygen atoms in total. The number of benzene rings is 2. The normalized spacial score (nSPS) is 14.8. The Morgan fingerprint density at radius 3 is 2.67 bits per heavy atom. The van der Waals surface area contributed by atoms with E-state index in [9.17, 15) is 0 Å². The molecule has 2 aromatic rings. The molecule has 1 aliphatic heterocycles. The van der Waals surface area contributed by atoms with Crippen molar-refractivity contribution in [2.45, 2.75) is 19.3 Å². The number of fused-ring (bicyclic) bond motifs is 1. The number of allylic oxidation sites excluding steroid dienone is 1. The summed E-state index contributed by atoms with van der Waals surface area (Å²) >= 11 is 0. The van der Waals surface area contributed by atoms with Crippen molar-refractivity contribution in [1.29, 1.82) is 0 Å². The van der Waals surface area contributed by atoms with Gasteiger partial charge in [-0.1, -0.05) is 36.4 Å². The number of methoxy groups -OCH3 is 1. The molecule has 21 heavy (non-hydrogen) atoms. The molecule has 0 spiro atoms. The predicted octanol–water partition coefficient (Wildman–Crippen LogP) is 4.49. The molecular weight excluding hydrogens is 260 g/mol. The second kappa shape index (κ2) is 6.49. The highest BCUT2D eigenvalue weighted by Crippen LogP contribution is 2.29. The Balaban J connectivity index is 1.82. The minimum Gasteiger partial charge on any atom is -0.497 e. The van der Waals surface area contributed by atoms with Crippen molar-refractivity contribution in [3.63, 3.8) is 0 Å². The smallest absolute Gasteiger partial charge is 0.122 e. The largest absolute Gasteiger partial charge is 0.497 e. The first-order valence-electron chi connectivity index (χ1n) is 7.41. The zero-order valence-corrected chi connectivity index (χ0v) is 12.3. The molecule has 0 saturated heterocycles. The molecule has 0 bridgehead atoms. The molecule has 1 heterocycles. The van der Waals surface area contributed by atoms with E-state index in [1.165, 1.54) is 16.7 Å². The lowest BCUT2D eigenvalue weighted by molar-refractivity contribution is 0.323. The van der Waals surface area contributed by atoms with E-state index >= 15 is 0 Å². The van der Waals surface area contributed by atoms with Gasteiger partial charge >= 0.3 is 0 Å². The number of ether oxygens (including phenoxy) is 2. The molecule has 0 aromatic heterocycles. The molecule has 2 aromatic carbocycles. The highest BCUT2D eigenvalue weighted by molar-refractivity contribution is 5.65. The third-order valence-corrected chi connectivity index (χ3v) is 3.85. The van der Waals surface area contributed by atoms with Gasteiger partial charge in [0.2, 0.25) is 0 Å². The summed E-state index contributed by atoms with van der Waals surface area (Å²) in [6.07, 6.45) is 5.28. The van der Waals surface area contributed by atoms with Gasteiger partial charge in [0.25, 0.3) is 0 Å². The lowest BCUT2D eigenvalue weighted by atomic mass is 10.0. The van der Waals surface area contributed by atoms with E-state index in [0.717, 1.165) is 30.8 Å². The van der Waals surface area contributed by atoms with Crippen LogP contribution in [0, 0.1) is 0 Å². The first-order chi connectivity index (χ1) is 10.4. The van der Waals surface area contributed by atoms with Crippen LogP contribution in [-0.2, 0) is 6.42 Å². The molecule has 2 heteroatoms. The minimum absolute atomic E-state index is 0.708. The van der Waals surface area contributed by atoms with Gasteiger partial charge in [-0.2, -0.15) is 0 Å². The standard InChI is InChI=1S/C19H20O2/c1-20-18-10-11-19-17(14-18)9-5-8-16(12-13-21-19)15-6-3-2-4-7-15/h2-4,6-8,10-11,14H,5,9,12-13H2,1H3. The summed E-state index contributed by atoms with van der Waals surface area (Å²) in [5, 5.41) is 0. The Kier molecular flexibility index (Phi) is 4.25. The molecule has 0 atom stereocenters. The zero-order valence-electron chi connectivity index (χ0n) is 12.3. The van der Waals surface area contributed by atoms with E-state index in [1.54, 1.807) is 7.11 Å². The van der Waals surface area contributed by atoms with Crippen LogP contribution in [0.15, 0.2) is 54.6 Å².